The Bertz CT molecular complexity index is 1650. The SMILES string of the molecule is CC(C#N)n1cc(-c2cnc(C(=O)Nc3ccc(C(=O)N4CCN(C(=O)C5CCNCC5)CC4)c(Cl)c3)n2C)c(C(F)(F)F)n1. The molecule has 0 bridgehead atoms. The van der Waals surface area contributed by atoms with Gasteiger partial charge in [-0.3, -0.25) is 19.1 Å². The molecule has 0 aliphatic carbocycles. The van der Waals surface area contributed by atoms with Crippen LogP contribution in [-0.4, -0.2) is 86.1 Å². The number of imidazole rings is 1. The number of hydrogen-bond donors (Lipinski definition) is 2. The van der Waals surface area contributed by atoms with E-state index in [1.165, 1.54) is 36.7 Å². The molecule has 4 heterocycles. The Morgan fingerprint density at radius 3 is 2.42 bits per heavy atom. The van der Waals surface area contributed by atoms with Crippen LogP contribution >= 0.6 is 11.6 Å². The standard InChI is InChI=1S/C29H31ClF3N9O3/c1-17(14-34)42-16-21(24(38-42)29(31,32)33)23-15-36-25(39(23)2)26(43)37-19-3-4-20(22(30)13-19)28(45)41-11-9-40(10-12-41)27(44)18-5-7-35-8-6-18/h3-4,13,15-18,35H,5-12H2,1-2H3,(H,37,43). The number of nitriles is 1. The molecule has 0 saturated carbocycles. The number of carbonyl (C=O) groups excluding carboxylic acids is 3. The molecule has 2 aliphatic heterocycles. The summed E-state index contributed by atoms with van der Waals surface area (Å²) in [6.45, 7) is 4.68. The van der Waals surface area contributed by atoms with Crippen molar-refractivity contribution in [2.24, 2.45) is 13.0 Å². The Kier molecular flexibility index (Phi) is 9.17. The minimum atomic E-state index is -4.81. The molecule has 3 aromatic rings. The van der Waals surface area contributed by atoms with Gasteiger partial charge in [-0.1, -0.05) is 11.6 Å². The fourth-order valence-corrected chi connectivity index (χ4v) is 5.76. The van der Waals surface area contributed by atoms with Gasteiger partial charge in [0.1, 0.15) is 6.04 Å². The average molecular weight is 646 g/mol. The molecular formula is C29H31ClF3N9O3. The molecule has 2 saturated heterocycles. The molecule has 0 radical (unpaired) electrons. The van der Waals surface area contributed by atoms with E-state index in [2.05, 4.69) is 20.7 Å². The number of nitrogens with one attached hydrogen (secondary N) is 2. The molecule has 5 rings (SSSR count). The van der Waals surface area contributed by atoms with Crippen LogP contribution < -0.4 is 10.6 Å². The number of nitrogens with zero attached hydrogens (tertiary/aromatic N) is 7. The molecule has 1 unspecified atom stereocenters. The second-order valence-electron chi connectivity index (χ2n) is 11.0. The lowest BCUT2D eigenvalue weighted by Crippen LogP contribution is -2.52. The summed E-state index contributed by atoms with van der Waals surface area (Å²) in [5.74, 6) is -1.07. The van der Waals surface area contributed by atoms with Crippen LogP contribution in [-0.2, 0) is 18.0 Å². The van der Waals surface area contributed by atoms with Crippen molar-refractivity contribution in [1.82, 2.24) is 34.4 Å². The summed E-state index contributed by atoms with van der Waals surface area (Å²) >= 11 is 6.44. The van der Waals surface area contributed by atoms with Gasteiger partial charge in [-0.25, -0.2) is 4.98 Å². The van der Waals surface area contributed by atoms with E-state index in [1.54, 1.807) is 4.90 Å². The number of amides is 3. The smallest absolute Gasteiger partial charge is 0.339 e. The van der Waals surface area contributed by atoms with Gasteiger partial charge in [0.05, 0.1) is 34.1 Å². The number of hydrogen-bond acceptors (Lipinski definition) is 7. The molecule has 3 amide bonds. The first-order valence-electron chi connectivity index (χ1n) is 14.4. The Hall–Kier alpha value is -4.42. The van der Waals surface area contributed by atoms with Gasteiger partial charge in [0.15, 0.2) is 11.5 Å². The predicted molar refractivity (Wildman–Crippen MR) is 157 cm³/mol. The number of piperidine rings is 1. The quantitative estimate of drug-likeness (QED) is 0.418. The molecule has 2 aromatic heterocycles. The van der Waals surface area contributed by atoms with Crippen LogP contribution in [0.3, 0.4) is 0 Å². The van der Waals surface area contributed by atoms with Crippen molar-refractivity contribution in [3.63, 3.8) is 0 Å². The normalized spacial score (nSPS) is 16.7. The van der Waals surface area contributed by atoms with E-state index >= 15 is 0 Å². The van der Waals surface area contributed by atoms with Gasteiger partial charge in [0, 0.05) is 51.0 Å². The molecule has 0 spiro atoms. The third-order valence-corrected chi connectivity index (χ3v) is 8.39. The third-order valence-electron chi connectivity index (χ3n) is 8.08. The highest BCUT2D eigenvalue weighted by Crippen LogP contribution is 2.37. The van der Waals surface area contributed by atoms with Crippen molar-refractivity contribution in [3.05, 3.63) is 52.7 Å². The number of anilines is 1. The average Bonchev–Trinajstić information content (AvgIpc) is 3.65. The number of benzene rings is 1. The van der Waals surface area contributed by atoms with E-state index in [4.69, 9.17) is 16.9 Å². The summed E-state index contributed by atoms with van der Waals surface area (Å²) in [5.41, 5.74) is -1.09. The molecule has 238 valence electrons. The molecular weight excluding hydrogens is 615 g/mol. The van der Waals surface area contributed by atoms with Crippen LogP contribution in [0, 0.1) is 17.2 Å². The second-order valence-corrected chi connectivity index (χ2v) is 11.4. The minimum Gasteiger partial charge on any atom is -0.339 e. The largest absolute Gasteiger partial charge is 0.435 e. The van der Waals surface area contributed by atoms with Crippen LogP contribution in [0.2, 0.25) is 5.02 Å². The summed E-state index contributed by atoms with van der Waals surface area (Å²) < 4.78 is 43.3. The van der Waals surface area contributed by atoms with Crippen LogP contribution in [0.4, 0.5) is 18.9 Å². The number of rotatable bonds is 6. The van der Waals surface area contributed by atoms with E-state index in [1.807, 2.05) is 11.0 Å². The molecule has 45 heavy (non-hydrogen) atoms. The highest BCUT2D eigenvalue weighted by atomic mass is 35.5. The monoisotopic (exact) mass is 645 g/mol. The maximum absolute atomic E-state index is 13.7. The topological polar surface area (TPSA) is 141 Å². The summed E-state index contributed by atoms with van der Waals surface area (Å²) in [7, 11) is 1.39. The number of aromatic nitrogens is 4. The fraction of sp³-hybridized carbons (Fsp3) is 0.448. The lowest BCUT2D eigenvalue weighted by Gasteiger charge is -2.37. The van der Waals surface area contributed by atoms with Crippen LogP contribution in [0.15, 0.2) is 30.6 Å². The van der Waals surface area contributed by atoms with Crippen LogP contribution in [0.25, 0.3) is 11.3 Å². The molecule has 1 atom stereocenters. The minimum absolute atomic E-state index is 0.0117. The van der Waals surface area contributed by atoms with E-state index in [0.717, 1.165) is 43.0 Å². The zero-order chi connectivity index (χ0) is 32.5. The van der Waals surface area contributed by atoms with Crippen molar-refractivity contribution in [2.75, 3.05) is 44.6 Å². The van der Waals surface area contributed by atoms with Crippen LogP contribution in [0.5, 0.6) is 0 Å². The van der Waals surface area contributed by atoms with Crippen molar-refractivity contribution in [2.45, 2.75) is 32.0 Å². The first-order chi connectivity index (χ1) is 21.4. The van der Waals surface area contributed by atoms with E-state index in [9.17, 15) is 27.6 Å². The number of halogens is 4. The van der Waals surface area contributed by atoms with Gasteiger partial charge < -0.3 is 25.0 Å². The number of piperazine rings is 1. The fourth-order valence-electron chi connectivity index (χ4n) is 5.50. The summed E-state index contributed by atoms with van der Waals surface area (Å²) in [6, 6.07) is 5.27. The lowest BCUT2D eigenvalue weighted by molar-refractivity contribution is -0.141. The Morgan fingerprint density at radius 2 is 1.80 bits per heavy atom. The van der Waals surface area contributed by atoms with E-state index in [0.29, 0.717) is 26.2 Å². The molecule has 16 heteroatoms. The molecule has 1 aromatic carbocycles. The van der Waals surface area contributed by atoms with Gasteiger partial charge in [-0.15, -0.1) is 0 Å². The first-order valence-corrected chi connectivity index (χ1v) is 14.7. The van der Waals surface area contributed by atoms with Crippen LogP contribution in [0.1, 0.15) is 52.5 Å². The second kappa shape index (κ2) is 12.9. The maximum Gasteiger partial charge on any atom is 0.435 e. The van der Waals surface area contributed by atoms with Gasteiger partial charge in [-0.05, 0) is 51.1 Å². The van der Waals surface area contributed by atoms with Crippen molar-refractivity contribution in [3.8, 4) is 17.3 Å². The van der Waals surface area contributed by atoms with Gasteiger partial charge in [0.25, 0.3) is 11.8 Å². The van der Waals surface area contributed by atoms with Gasteiger partial charge >= 0.3 is 6.18 Å². The van der Waals surface area contributed by atoms with Crippen molar-refractivity contribution < 1.29 is 27.6 Å². The summed E-state index contributed by atoms with van der Waals surface area (Å²) in [6.07, 6.45) is -0.972. The first kappa shape index (κ1) is 32.0. The number of carbonyl (C=O) groups is 3. The maximum atomic E-state index is 13.7. The molecule has 2 N–H and O–H groups in total. The Balaban J connectivity index is 1.25. The molecule has 2 aliphatic rings. The molecule has 2 fully saturated rings. The highest BCUT2D eigenvalue weighted by molar-refractivity contribution is 6.34. The third kappa shape index (κ3) is 6.66. The van der Waals surface area contributed by atoms with Gasteiger partial charge in [0.2, 0.25) is 5.91 Å². The van der Waals surface area contributed by atoms with Gasteiger partial charge in [-0.2, -0.15) is 23.5 Å². The Labute approximate surface area is 261 Å². The predicted octanol–water partition coefficient (Wildman–Crippen LogP) is 3.58. The van der Waals surface area contributed by atoms with E-state index in [-0.39, 0.29) is 51.1 Å². The lowest BCUT2D eigenvalue weighted by atomic mass is 9.96. The summed E-state index contributed by atoms with van der Waals surface area (Å²) in [4.78, 5) is 46.6. The van der Waals surface area contributed by atoms with Crippen molar-refractivity contribution in [1.29, 1.82) is 5.26 Å². The summed E-state index contributed by atoms with van der Waals surface area (Å²) in [5, 5.41) is 18.6. The van der Waals surface area contributed by atoms with Crippen molar-refractivity contribution >= 4 is 35.0 Å². The van der Waals surface area contributed by atoms with E-state index < -0.39 is 23.8 Å². The highest BCUT2D eigenvalue weighted by Gasteiger charge is 2.39. The Morgan fingerprint density at radius 1 is 1.13 bits per heavy atom. The molecule has 12 nitrogen and oxygen atoms in total. The zero-order valence-electron chi connectivity index (χ0n) is 24.6. The number of alkyl halides is 3. The zero-order valence-corrected chi connectivity index (χ0v) is 25.3.